The number of likely N-dealkylation sites (N-methyl/N-ethyl adjacent to an activating group) is 1. The van der Waals surface area contributed by atoms with Crippen molar-refractivity contribution in [3.8, 4) is 0 Å². The van der Waals surface area contributed by atoms with Crippen molar-refractivity contribution in [3.63, 3.8) is 0 Å². The number of para-hydroxylation sites is 2. The van der Waals surface area contributed by atoms with Crippen LogP contribution in [0.3, 0.4) is 0 Å². The number of halogens is 1. The van der Waals surface area contributed by atoms with Gasteiger partial charge in [-0.3, -0.25) is 4.79 Å². The van der Waals surface area contributed by atoms with Gasteiger partial charge in [0.2, 0.25) is 5.95 Å². The molecule has 1 aliphatic rings. The summed E-state index contributed by atoms with van der Waals surface area (Å²) in [4.78, 5) is 22.4. The Morgan fingerprint density at radius 3 is 2.48 bits per heavy atom. The molecule has 42 heavy (non-hydrogen) atoms. The van der Waals surface area contributed by atoms with E-state index in [0.717, 1.165) is 73.0 Å². The van der Waals surface area contributed by atoms with Crippen molar-refractivity contribution >= 4 is 34.5 Å². The molecule has 7 nitrogen and oxygen atoms in total. The van der Waals surface area contributed by atoms with Crippen molar-refractivity contribution in [3.05, 3.63) is 95.0 Å². The highest BCUT2D eigenvalue weighted by atomic mass is 35.5. The molecule has 0 bridgehead atoms. The van der Waals surface area contributed by atoms with Gasteiger partial charge < -0.3 is 24.4 Å². The Kier molecular flexibility index (Phi) is 10.5. The van der Waals surface area contributed by atoms with Crippen LogP contribution in [-0.2, 0) is 11.3 Å². The molecule has 1 N–H and O–H groups in total. The van der Waals surface area contributed by atoms with E-state index in [1.54, 1.807) is 0 Å². The molecule has 0 saturated carbocycles. The molecule has 3 aromatic carbocycles. The molecule has 1 amide bonds. The van der Waals surface area contributed by atoms with Crippen molar-refractivity contribution in [2.45, 2.75) is 44.7 Å². The van der Waals surface area contributed by atoms with E-state index in [2.05, 4.69) is 45.1 Å². The van der Waals surface area contributed by atoms with Crippen LogP contribution < -0.4 is 5.32 Å². The number of nitrogens with one attached hydrogen (secondary N) is 1. The van der Waals surface area contributed by atoms with E-state index in [1.165, 1.54) is 5.56 Å². The second-order valence-electron chi connectivity index (χ2n) is 11.1. The SMILES string of the molecule is CCOCCn1c(NC2CCN(CCC(CN(C)C(=O)c3ccccc3)c3ccc(Cl)cc3)CC2)nc2ccccc21. The van der Waals surface area contributed by atoms with Crippen LogP contribution in [0.25, 0.3) is 11.0 Å². The summed E-state index contributed by atoms with van der Waals surface area (Å²) in [5.41, 5.74) is 4.09. The minimum atomic E-state index is 0.0498. The summed E-state index contributed by atoms with van der Waals surface area (Å²) in [6.07, 6.45) is 3.10. The fraction of sp³-hybridized carbons (Fsp3) is 0.412. The van der Waals surface area contributed by atoms with E-state index in [-0.39, 0.29) is 11.8 Å². The Labute approximate surface area is 254 Å². The Balaban J connectivity index is 1.18. The number of carbonyl (C=O) groups is 1. The smallest absolute Gasteiger partial charge is 0.253 e. The fourth-order valence-electron chi connectivity index (χ4n) is 5.85. The predicted molar refractivity (Wildman–Crippen MR) is 172 cm³/mol. The summed E-state index contributed by atoms with van der Waals surface area (Å²) in [5.74, 6) is 1.21. The second-order valence-corrected chi connectivity index (χ2v) is 11.6. The molecule has 1 saturated heterocycles. The number of benzene rings is 3. The monoisotopic (exact) mass is 587 g/mol. The zero-order valence-corrected chi connectivity index (χ0v) is 25.5. The van der Waals surface area contributed by atoms with Crippen LogP contribution in [-0.4, -0.2) is 77.7 Å². The Morgan fingerprint density at radius 2 is 1.74 bits per heavy atom. The number of nitrogens with zero attached hydrogens (tertiary/aromatic N) is 4. The predicted octanol–water partition coefficient (Wildman–Crippen LogP) is 6.55. The van der Waals surface area contributed by atoms with Gasteiger partial charge in [-0.1, -0.05) is 54.1 Å². The zero-order chi connectivity index (χ0) is 29.3. The maximum atomic E-state index is 13.1. The topological polar surface area (TPSA) is 62.6 Å². The van der Waals surface area contributed by atoms with Crippen LogP contribution in [0.4, 0.5) is 5.95 Å². The van der Waals surface area contributed by atoms with Gasteiger partial charge in [0.1, 0.15) is 0 Å². The lowest BCUT2D eigenvalue weighted by Gasteiger charge is -2.34. The summed E-state index contributed by atoms with van der Waals surface area (Å²) in [7, 11) is 1.90. The molecule has 222 valence electrons. The maximum Gasteiger partial charge on any atom is 0.253 e. The Hall–Kier alpha value is -3.39. The molecule has 1 unspecified atom stereocenters. The van der Waals surface area contributed by atoms with Gasteiger partial charge in [0.25, 0.3) is 5.91 Å². The van der Waals surface area contributed by atoms with Gasteiger partial charge in [0, 0.05) is 62.4 Å². The van der Waals surface area contributed by atoms with Crippen LogP contribution in [0.15, 0.2) is 78.9 Å². The largest absolute Gasteiger partial charge is 0.380 e. The number of carbonyl (C=O) groups excluding carboxylic acids is 1. The minimum Gasteiger partial charge on any atom is -0.380 e. The standard InChI is InChI=1S/C34H42ClN5O2/c1-3-42-24-23-40-32-12-8-7-11-31(32)37-34(40)36-30-18-21-39(22-19-30)20-17-28(26-13-15-29(35)16-14-26)25-38(2)33(41)27-9-5-4-6-10-27/h4-16,28,30H,3,17-25H2,1-2H3,(H,36,37). The van der Waals surface area contributed by atoms with Crippen molar-refractivity contribution in [1.82, 2.24) is 19.4 Å². The number of imidazole rings is 1. The van der Waals surface area contributed by atoms with E-state index in [4.69, 9.17) is 21.3 Å². The van der Waals surface area contributed by atoms with Crippen molar-refractivity contribution < 1.29 is 9.53 Å². The molecule has 8 heteroatoms. The molecule has 4 aromatic rings. The van der Waals surface area contributed by atoms with E-state index in [1.807, 2.05) is 67.4 Å². The van der Waals surface area contributed by atoms with Gasteiger partial charge in [0.05, 0.1) is 17.6 Å². The molecule has 1 atom stereocenters. The number of hydrogen-bond acceptors (Lipinski definition) is 5. The van der Waals surface area contributed by atoms with Crippen LogP contribution in [0.1, 0.15) is 48.0 Å². The lowest BCUT2D eigenvalue weighted by molar-refractivity contribution is 0.0782. The number of rotatable bonds is 13. The molecule has 1 aliphatic heterocycles. The number of ether oxygens (including phenoxy) is 1. The van der Waals surface area contributed by atoms with E-state index < -0.39 is 0 Å². The van der Waals surface area contributed by atoms with Crippen molar-refractivity contribution in [2.75, 3.05) is 51.8 Å². The second kappa shape index (κ2) is 14.7. The van der Waals surface area contributed by atoms with Crippen LogP contribution in [0.5, 0.6) is 0 Å². The first-order valence-corrected chi connectivity index (χ1v) is 15.5. The number of aromatic nitrogens is 2. The molecule has 2 heterocycles. The summed E-state index contributed by atoms with van der Waals surface area (Å²) >= 11 is 6.20. The lowest BCUT2D eigenvalue weighted by Crippen LogP contribution is -2.40. The van der Waals surface area contributed by atoms with E-state index in [9.17, 15) is 4.79 Å². The number of likely N-dealkylation sites (tertiary alicyclic amines) is 1. The number of amides is 1. The van der Waals surface area contributed by atoms with E-state index >= 15 is 0 Å². The molecule has 1 fully saturated rings. The molecule has 0 aliphatic carbocycles. The molecule has 0 spiro atoms. The van der Waals surface area contributed by atoms with Gasteiger partial charge in [-0.25, -0.2) is 4.98 Å². The van der Waals surface area contributed by atoms with Crippen LogP contribution in [0, 0.1) is 0 Å². The minimum absolute atomic E-state index is 0.0498. The highest BCUT2D eigenvalue weighted by Crippen LogP contribution is 2.26. The van der Waals surface area contributed by atoms with Crippen molar-refractivity contribution in [1.29, 1.82) is 0 Å². The van der Waals surface area contributed by atoms with Crippen molar-refractivity contribution in [2.24, 2.45) is 0 Å². The molecular weight excluding hydrogens is 546 g/mol. The normalized spacial score (nSPS) is 15.1. The lowest BCUT2D eigenvalue weighted by atomic mass is 9.94. The third-order valence-corrected chi connectivity index (χ3v) is 8.49. The summed E-state index contributed by atoms with van der Waals surface area (Å²) < 4.78 is 7.90. The number of piperidine rings is 1. The third-order valence-electron chi connectivity index (χ3n) is 8.24. The average molecular weight is 588 g/mol. The third kappa shape index (κ3) is 7.71. The first-order valence-electron chi connectivity index (χ1n) is 15.1. The first-order chi connectivity index (χ1) is 20.5. The number of fused-ring (bicyclic) bond motifs is 1. The van der Waals surface area contributed by atoms with Crippen LogP contribution in [0.2, 0.25) is 5.02 Å². The van der Waals surface area contributed by atoms with Gasteiger partial charge in [-0.05, 0) is 74.7 Å². The summed E-state index contributed by atoms with van der Waals surface area (Å²) in [6, 6.07) is 26.3. The summed E-state index contributed by atoms with van der Waals surface area (Å²) in [5, 5.41) is 4.48. The highest BCUT2D eigenvalue weighted by molar-refractivity contribution is 6.30. The van der Waals surface area contributed by atoms with Gasteiger partial charge in [-0.2, -0.15) is 0 Å². The quantitative estimate of drug-likeness (QED) is 0.180. The molecule has 1 aromatic heterocycles. The molecule has 0 radical (unpaired) electrons. The molecule has 5 rings (SSSR count). The Bertz CT molecular complexity index is 1420. The zero-order valence-electron chi connectivity index (χ0n) is 24.7. The van der Waals surface area contributed by atoms with Gasteiger partial charge in [-0.15, -0.1) is 0 Å². The summed E-state index contributed by atoms with van der Waals surface area (Å²) in [6.45, 7) is 7.90. The van der Waals surface area contributed by atoms with Crippen LogP contribution >= 0.6 is 11.6 Å². The maximum absolute atomic E-state index is 13.1. The van der Waals surface area contributed by atoms with Gasteiger partial charge >= 0.3 is 0 Å². The molecular formula is C34H42ClN5O2. The highest BCUT2D eigenvalue weighted by Gasteiger charge is 2.24. The average Bonchev–Trinajstić information content (AvgIpc) is 3.37. The van der Waals surface area contributed by atoms with E-state index in [0.29, 0.717) is 25.8 Å². The fourth-order valence-corrected chi connectivity index (χ4v) is 5.97. The Morgan fingerprint density at radius 1 is 1.02 bits per heavy atom. The first kappa shape index (κ1) is 30.1. The number of anilines is 1. The van der Waals surface area contributed by atoms with Gasteiger partial charge in [0.15, 0.2) is 0 Å². The number of hydrogen-bond donors (Lipinski definition) is 1.